The number of rotatable bonds is 5. The molecular formula is C15H16N2O3S. The molecule has 2 unspecified atom stereocenters. The molecule has 0 radical (unpaired) electrons. The first-order valence-electron chi connectivity index (χ1n) is 6.90. The molecule has 0 amide bonds. The van der Waals surface area contributed by atoms with Crippen LogP contribution in [0.25, 0.3) is 0 Å². The van der Waals surface area contributed by atoms with E-state index in [9.17, 15) is 4.79 Å². The van der Waals surface area contributed by atoms with E-state index in [1.807, 2.05) is 19.1 Å². The highest BCUT2D eigenvalue weighted by atomic mass is 32.2. The van der Waals surface area contributed by atoms with Gasteiger partial charge in [0.15, 0.2) is 0 Å². The van der Waals surface area contributed by atoms with E-state index in [2.05, 4.69) is 22.3 Å². The normalized spacial score (nSPS) is 18.4. The topological polar surface area (TPSA) is 76.2 Å². The van der Waals surface area contributed by atoms with E-state index in [4.69, 9.17) is 9.52 Å². The molecule has 6 heteroatoms. The Morgan fingerprint density at radius 2 is 2.29 bits per heavy atom. The molecule has 2 atom stereocenters. The maximum Gasteiger partial charge on any atom is 0.303 e. The first kappa shape index (κ1) is 14.1. The summed E-state index contributed by atoms with van der Waals surface area (Å²) in [5.74, 6) is 0.345. The third-order valence-electron chi connectivity index (χ3n) is 3.45. The van der Waals surface area contributed by atoms with E-state index in [-0.39, 0.29) is 17.6 Å². The van der Waals surface area contributed by atoms with Gasteiger partial charge in [0.05, 0.1) is 5.25 Å². The molecular weight excluding hydrogens is 288 g/mol. The molecule has 1 aromatic carbocycles. The van der Waals surface area contributed by atoms with E-state index in [1.165, 1.54) is 10.5 Å². The van der Waals surface area contributed by atoms with Gasteiger partial charge in [0.25, 0.3) is 0 Å². The molecule has 0 saturated carbocycles. The smallest absolute Gasteiger partial charge is 0.303 e. The Labute approximate surface area is 126 Å². The lowest BCUT2D eigenvalue weighted by Gasteiger charge is -2.04. The van der Waals surface area contributed by atoms with Gasteiger partial charge < -0.3 is 9.52 Å². The first-order chi connectivity index (χ1) is 10.1. The third-order valence-corrected chi connectivity index (χ3v) is 4.76. The van der Waals surface area contributed by atoms with E-state index in [0.29, 0.717) is 18.2 Å². The average molecular weight is 304 g/mol. The molecule has 3 rings (SSSR count). The highest BCUT2D eigenvalue weighted by Gasteiger charge is 2.28. The number of aromatic nitrogens is 2. The number of nitrogens with zero attached hydrogens (tertiary/aromatic N) is 2. The second-order valence-corrected chi connectivity index (χ2v) is 6.60. The quantitative estimate of drug-likeness (QED) is 0.914. The number of carboxylic acids is 1. The molecule has 0 saturated heterocycles. The largest absolute Gasteiger partial charge is 0.481 e. The Balaban J connectivity index is 1.65. The Morgan fingerprint density at radius 1 is 1.48 bits per heavy atom. The molecule has 110 valence electrons. The molecule has 21 heavy (non-hydrogen) atoms. The minimum Gasteiger partial charge on any atom is -0.481 e. The molecule has 1 aliphatic rings. The fraction of sp³-hybridized carbons (Fsp3) is 0.400. The van der Waals surface area contributed by atoms with Crippen LogP contribution in [0.15, 0.2) is 33.6 Å². The Kier molecular flexibility index (Phi) is 3.96. The summed E-state index contributed by atoms with van der Waals surface area (Å²) in [6.45, 7) is 1.87. The van der Waals surface area contributed by atoms with Crippen LogP contribution in [0.4, 0.5) is 0 Å². The van der Waals surface area contributed by atoms with Crippen molar-refractivity contribution in [1.82, 2.24) is 10.2 Å². The van der Waals surface area contributed by atoms with Crippen molar-refractivity contribution < 1.29 is 14.3 Å². The van der Waals surface area contributed by atoms with Crippen LogP contribution in [0.5, 0.6) is 0 Å². The molecule has 2 aromatic rings. The van der Waals surface area contributed by atoms with Gasteiger partial charge in [-0.2, -0.15) is 0 Å². The summed E-state index contributed by atoms with van der Waals surface area (Å²) in [4.78, 5) is 11.9. The lowest BCUT2D eigenvalue weighted by atomic mass is 10.0. The highest BCUT2D eigenvalue weighted by Crippen LogP contribution is 2.45. The third kappa shape index (κ3) is 3.26. The van der Waals surface area contributed by atoms with Gasteiger partial charge in [-0.1, -0.05) is 25.1 Å². The van der Waals surface area contributed by atoms with Gasteiger partial charge in [-0.25, -0.2) is 0 Å². The number of carbonyl (C=O) groups is 1. The molecule has 0 bridgehead atoms. The number of carboxylic acid groups (broad SMARTS) is 1. The van der Waals surface area contributed by atoms with Crippen LogP contribution in [-0.4, -0.2) is 21.3 Å². The van der Waals surface area contributed by atoms with Crippen LogP contribution in [0.1, 0.15) is 35.9 Å². The summed E-state index contributed by atoms with van der Waals surface area (Å²) in [5.41, 5.74) is 1.31. The van der Waals surface area contributed by atoms with Crippen molar-refractivity contribution in [3.63, 3.8) is 0 Å². The van der Waals surface area contributed by atoms with Crippen LogP contribution in [-0.2, 0) is 17.6 Å². The van der Waals surface area contributed by atoms with Crippen molar-refractivity contribution in [1.29, 1.82) is 0 Å². The van der Waals surface area contributed by atoms with E-state index in [1.54, 1.807) is 11.8 Å². The maximum absolute atomic E-state index is 10.7. The number of hydrogen-bond acceptors (Lipinski definition) is 5. The van der Waals surface area contributed by atoms with Gasteiger partial charge >= 0.3 is 5.97 Å². The number of fused-ring (bicyclic) bond motifs is 1. The molecule has 0 aliphatic carbocycles. The van der Waals surface area contributed by atoms with Crippen LogP contribution in [0.3, 0.4) is 0 Å². The van der Waals surface area contributed by atoms with Crippen LogP contribution in [0.2, 0.25) is 0 Å². The number of benzene rings is 1. The van der Waals surface area contributed by atoms with Crippen molar-refractivity contribution in [3.8, 4) is 0 Å². The summed E-state index contributed by atoms with van der Waals surface area (Å²) in [7, 11) is 0. The van der Waals surface area contributed by atoms with Crippen molar-refractivity contribution in [2.24, 2.45) is 5.92 Å². The van der Waals surface area contributed by atoms with Gasteiger partial charge in [-0.3, -0.25) is 4.79 Å². The predicted octanol–water partition coefficient (Wildman–Crippen LogP) is 3.11. The number of hydrogen-bond donors (Lipinski definition) is 1. The monoisotopic (exact) mass is 304 g/mol. The lowest BCUT2D eigenvalue weighted by molar-refractivity contribution is -0.137. The SMILES string of the molecule is CC(CC(=O)O)Cc1nnc(C2Cc3ccccc3S2)o1. The van der Waals surface area contributed by atoms with Gasteiger partial charge in [-0.05, 0) is 24.0 Å². The van der Waals surface area contributed by atoms with E-state index in [0.717, 1.165) is 6.42 Å². The van der Waals surface area contributed by atoms with Crippen molar-refractivity contribution in [2.75, 3.05) is 0 Å². The van der Waals surface area contributed by atoms with Crippen molar-refractivity contribution in [2.45, 2.75) is 36.3 Å². The molecule has 1 N–H and O–H groups in total. The summed E-state index contributed by atoms with van der Waals surface area (Å²) >= 11 is 1.74. The highest BCUT2D eigenvalue weighted by molar-refractivity contribution is 7.99. The fourth-order valence-corrected chi connectivity index (χ4v) is 3.69. The minimum absolute atomic E-state index is 0.00997. The second kappa shape index (κ2) is 5.89. The summed E-state index contributed by atoms with van der Waals surface area (Å²) in [5, 5.41) is 17.1. The zero-order valence-corrected chi connectivity index (χ0v) is 12.5. The standard InChI is InChI=1S/C15H16N2O3S/c1-9(7-14(18)19)6-13-16-17-15(20-13)12-8-10-4-2-3-5-11(10)21-12/h2-5,9,12H,6-8H2,1H3,(H,18,19). The molecule has 5 nitrogen and oxygen atoms in total. The predicted molar refractivity (Wildman–Crippen MR) is 78.2 cm³/mol. The van der Waals surface area contributed by atoms with Gasteiger partial charge in [-0.15, -0.1) is 22.0 Å². The van der Waals surface area contributed by atoms with Gasteiger partial charge in [0, 0.05) is 17.7 Å². The maximum atomic E-state index is 10.7. The first-order valence-corrected chi connectivity index (χ1v) is 7.78. The molecule has 1 aliphatic heterocycles. The summed E-state index contributed by atoms with van der Waals surface area (Å²) in [6.07, 6.45) is 1.51. The molecule has 0 fully saturated rings. The van der Waals surface area contributed by atoms with E-state index < -0.39 is 5.97 Å². The minimum atomic E-state index is -0.802. The molecule has 2 heterocycles. The van der Waals surface area contributed by atoms with Gasteiger partial charge in [0.2, 0.25) is 11.8 Å². The van der Waals surface area contributed by atoms with Gasteiger partial charge in [0.1, 0.15) is 0 Å². The zero-order valence-electron chi connectivity index (χ0n) is 11.7. The Bertz CT molecular complexity index is 631. The van der Waals surface area contributed by atoms with Crippen molar-refractivity contribution >= 4 is 17.7 Å². The zero-order chi connectivity index (χ0) is 14.8. The number of thioether (sulfide) groups is 1. The summed E-state index contributed by atoms with van der Waals surface area (Å²) < 4.78 is 5.72. The van der Waals surface area contributed by atoms with Crippen LogP contribution < -0.4 is 0 Å². The molecule has 0 spiro atoms. The summed E-state index contributed by atoms with van der Waals surface area (Å²) in [6, 6.07) is 8.29. The molecule has 1 aromatic heterocycles. The second-order valence-electron chi connectivity index (χ2n) is 5.36. The van der Waals surface area contributed by atoms with Crippen LogP contribution >= 0.6 is 11.8 Å². The fourth-order valence-electron chi connectivity index (χ4n) is 2.47. The Hall–Kier alpha value is -1.82. The van der Waals surface area contributed by atoms with E-state index >= 15 is 0 Å². The lowest BCUT2D eigenvalue weighted by Crippen LogP contribution is -2.07. The average Bonchev–Trinajstić information content (AvgIpc) is 3.03. The Morgan fingerprint density at radius 3 is 3.05 bits per heavy atom. The van der Waals surface area contributed by atoms with Crippen molar-refractivity contribution in [3.05, 3.63) is 41.6 Å². The number of aliphatic carboxylic acids is 1. The van der Waals surface area contributed by atoms with Crippen LogP contribution in [0, 0.1) is 5.92 Å².